The highest BCUT2D eigenvalue weighted by atomic mass is 32.1. The van der Waals surface area contributed by atoms with Gasteiger partial charge in [-0.05, 0) is 66.5 Å². The summed E-state index contributed by atoms with van der Waals surface area (Å²) in [5, 5.41) is 9.30. The van der Waals surface area contributed by atoms with E-state index in [1.54, 1.807) is 13.2 Å². The van der Waals surface area contributed by atoms with E-state index in [9.17, 15) is 5.11 Å². The van der Waals surface area contributed by atoms with Crippen LogP contribution in [0.3, 0.4) is 0 Å². The van der Waals surface area contributed by atoms with Crippen molar-refractivity contribution < 1.29 is 14.6 Å². The summed E-state index contributed by atoms with van der Waals surface area (Å²) in [6.07, 6.45) is 4.02. The fourth-order valence-corrected chi connectivity index (χ4v) is 2.52. The summed E-state index contributed by atoms with van der Waals surface area (Å²) in [7, 11) is 1.61. The molecule has 0 aliphatic heterocycles. The van der Waals surface area contributed by atoms with Crippen LogP contribution in [0.2, 0.25) is 0 Å². The largest absolute Gasteiger partial charge is 0.499 e. The second kappa shape index (κ2) is 7.90. The van der Waals surface area contributed by atoms with E-state index in [2.05, 4.69) is 12.1 Å². The van der Waals surface area contributed by atoms with Gasteiger partial charge >= 0.3 is 0 Å². The minimum Gasteiger partial charge on any atom is -0.499 e. The third kappa shape index (κ3) is 4.65. The standard InChI is InChI=1S/C19H20O3S/c1-13-9-16(10-14(2)18(13)22-12-21-3)8-7-15-5-4-6-17(11-15)19(20)23/h4-11H,12H2,1-3H3,(H,20,23). The normalized spacial score (nSPS) is 10.9. The maximum Gasteiger partial charge on any atom is 0.188 e. The molecule has 1 N–H and O–H groups in total. The molecule has 0 radical (unpaired) electrons. The highest BCUT2D eigenvalue weighted by molar-refractivity contribution is 7.80. The van der Waals surface area contributed by atoms with Gasteiger partial charge < -0.3 is 14.6 Å². The summed E-state index contributed by atoms with van der Waals surface area (Å²) in [6.45, 7) is 4.27. The van der Waals surface area contributed by atoms with Gasteiger partial charge in [0.05, 0.1) is 0 Å². The van der Waals surface area contributed by atoms with E-state index >= 15 is 0 Å². The molecule has 120 valence electrons. The van der Waals surface area contributed by atoms with Crippen LogP contribution in [0.5, 0.6) is 5.75 Å². The molecule has 0 spiro atoms. The third-order valence-electron chi connectivity index (χ3n) is 3.41. The van der Waals surface area contributed by atoms with Gasteiger partial charge in [-0.15, -0.1) is 0 Å². The molecule has 2 aromatic carbocycles. The Morgan fingerprint density at radius 3 is 2.35 bits per heavy atom. The van der Waals surface area contributed by atoms with Crippen molar-refractivity contribution in [2.24, 2.45) is 0 Å². The Kier molecular flexibility index (Phi) is 5.90. The Morgan fingerprint density at radius 1 is 1.09 bits per heavy atom. The third-order valence-corrected chi connectivity index (χ3v) is 3.64. The number of methoxy groups -OCH3 is 1. The molecular weight excluding hydrogens is 308 g/mol. The van der Waals surface area contributed by atoms with Crippen molar-refractivity contribution in [1.82, 2.24) is 0 Å². The van der Waals surface area contributed by atoms with Crippen LogP contribution in [0.15, 0.2) is 36.4 Å². The lowest BCUT2D eigenvalue weighted by atomic mass is 10.0. The van der Waals surface area contributed by atoms with Gasteiger partial charge in [0, 0.05) is 12.7 Å². The predicted octanol–water partition coefficient (Wildman–Crippen LogP) is 4.69. The molecule has 4 heteroatoms. The SMILES string of the molecule is COCOc1c(C)cc(C=Cc2cccc(C(O)=S)c2)cc1C. The first-order chi connectivity index (χ1) is 11.0. The summed E-state index contributed by atoms with van der Waals surface area (Å²) in [5.74, 6) is 0.858. The van der Waals surface area contributed by atoms with E-state index < -0.39 is 0 Å². The van der Waals surface area contributed by atoms with Crippen molar-refractivity contribution in [1.29, 1.82) is 0 Å². The number of ether oxygens (including phenoxy) is 2. The van der Waals surface area contributed by atoms with Crippen molar-refractivity contribution >= 4 is 29.4 Å². The van der Waals surface area contributed by atoms with Crippen molar-refractivity contribution in [3.05, 3.63) is 64.2 Å². The van der Waals surface area contributed by atoms with Crippen LogP contribution >= 0.6 is 12.2 Å². The highest BCUT2D eigenvalue weighted by Gasteiger charge is 2.05. The summed E-state index contributed by atoms with van der Waals surface area (Å²) >= 11 is 4.79. The first-order valence-corrected chi connectivity index (χ1v) is 7.66. The lowest BCUT2D eigenvalue weighted by Gasteiger charge is -2.12. The van der Waals surface area contributed by atoms with Gasteiger partial charge in [-0.3, -0.25) is 0 Å². The number of aryl methyl sites for hydroxylation is 2. The van der Waals surface area contributed by atoms with Crippen LogP contribution in [0, 0.1) is 13.8 Å². The quantitative estimate of drug-likeness (QED) is 0.474. The minimum absolute atomic E-state index is 0.0911. The molecule has 2 rings (SSSR count). The summed E-state index contributed by atoms with van der Waals surface area (Å²) < 4.78 is 10.5. The second-order valence-electron chi connectivity index (χ2n) is 5.30. The number of aliphatic hydroxyl groups excluding tert-OH is 1. The van der Waals surface area contributed by atoms with Crippen LogP contribution in [0.4, 0.5) is 0 Å². The molecule has 0 fully saturated rings. The molecule has 0 aliphatic rings. The van der Waals surface area contributed by atoms with Crippen LogP contribution in [-0.2, 0) is 4.74 Å². The predicted molar refractivity (Wildman–Crippen MR) is 98.1 cm³/mol. The van der Waals surface area contributed by atoms with Crippen LogP contribution in [0.25, 0.3) is 12.2 Å². The molecule has 0 unspecified atom stereocenters. The fourth-order valence-electron chi connectivity index (χ4n) is 2.39. The lowest BCUT2D eigenvalue weighted by molar-refractivity contribution is 0.0501. The Hall–Kier alpha value is -2.17. The molecule has 23 heavy (non-hydrogen) atoms. The zero-order valence-electron chi connectivity index (χ0n) is 13.5. The van der Waals surface area contributed by atoms with Gasteiger partial charge in [0.2, 0.25) is 0 Å². The van der Waals surface area contributed by atoms with Crippen molar-refractivity contribution in [3.8, 4) is 5.75 Å². The first kappa shape index (κ1) is 17.2. The molecule has 0 atom stereocenters. The number of rotatable bonds is 6. The molecule has 0 saturated heterocycles. The summed E-state index contributed by atoms with van der Waals surface area (Å²) in [6, 6.07) is 11.6. The molecule has 0 heterocycles. The Morgan fingerprint density at radius 2 is 1.74 bits per heavy atom. The molecule has 0 saturated carbocycles. The van der Waals surface area contributed by atoms with Crippen LogP contribution in [0.1, 0.15) is 27.8 Å². The Bertz CT molecular complexity index is 712. The molecule has 2 aromatic rings. The van der Waals surface area contributed by atoms with Gasteiger partial charge in [0.1, 0.15) is 5.75 Å². The van der Waals surface area contributed by atoms with Crippen LogP contribution < -0.4 is 4.74 Å². The van der Waals surface area contributed by atoms with Gasteiger partial charge in [-0.1, -0.05) is 30.4 Å². The lowest BCUT2D eigenvalue weighted by Crippen LogP contribution is -2.02. The molecule has 3 nitrogen and oxygen atoms in total. The minimum atomic E-state index is -0.0911. The highest BCUT2D eigenvalue weighted by Crippen LogP contribution is 2.26. The van der Waals surface area contributed by atoms with E-state index in [4.69, 9.17) is 21.7 Å². The fraction of sp³-hybridized carbons (Fsp3) is 0.211. The maximum absolute atomic E-state index is 9.39. The van der Waals surface area contributed by atoms with Crippen molar-refractivity contribution in [2.45, 2.75) is 13.8 Å². The number of thiocarbonyl (C=S) groups is 1. The molecule has 0 aromatic heterocycles. The number of aliphatic hydroxyl groups is 1. The zero-order valence-corrected chi connectivity index (χ0v) is 14.3. The second-order valence-corrected chi connectivity index (χ2v) is 5.69. The van der Waals surface area contributed by atoms with Gasteiger partial charge in [0.15, 0.2) is 11.8 Å². The van der Waals surface area contributed by atoms with Crippen molar-refractivity contribution in [3.63, 3.8) is 0 Å². The zero-order chi connectivity index (χ0) is 16.8. The number of hydrogen-bond donors (Lipinski definition) is 1. The Labute approximate surface area is 142 Å². The summed E-state index contributed by atoms with van der Waals surface area (Å²) in [5.41, 5.74) is 4.84. The summed E-state index contributed by atoms with van der Waals surface area (Å²) in [4.78, 5) is 0. The molecule has 0 aliphatic carbocycles. The first-order valence-electron chi connectivity index (χ1n) is 7.25. The van der Waals surface area contributed by atoms with Crippen LogP contribution in [-0.4, -0.2) is 24.1 Å². The van der Waals surface area contributed by atoms with Gasteiger partial charge in [-0.2, -0.15) is 0 Å². The van der Waals surface area contributed by atoms with Crippen molar-refractivity contribution in [2.75, 3.05) is 13.9 Å². The number of hydrogen-bond acceptors (Lipinski definition) is 3. The smallest absolute Gasteiger partial charge is 0.188 e. The van der Waals surface area contributed by atoms with E-state index in [-0.39, 0.29) is 11.8 Å². The van der Waals surface area contributed by atoms with Gasteiger partial charge in [-0.25, -0.2) is 0 Å². The maximum atomic E-state index is 9.39. The average Bonchev–Trinajstić information content (AvgIpc) is 2.52. The number of benzene rings is 2. The average molecular weight is 328 g/mol. The monoisotopic (exact) mass is 328 g/mol. The Balaban J connectivity index is 2.23. The van der Waals surface area contributed by atoms with E-state index in [0.717, 1.165) is 28.0 Å². The van der Waals surface area contributed by atoms with Gasteiger partial charge in [0.25, 0.3) is 0 Å². The molecule has 0 bridgehead atoms. The topological polar surface area (TPSA) is 38.7 Å². The van der Waals surface area contributed by atoms with E-state index in [0.29, 0.717) is 5.56 Å². The molecular formula is C19H20O3S. The van der Waals surface area contributed by atoms with E-state index in [1.807, 2.05) is 44.2 Å². The van der Waals surface area contributed by atoms with E-state index in [1.165, 1.54) is 0 Å². The molecule has 0 amide bonds.